The van der Waals surface area contributed by atoms with E-state index in [0.717, 1.165) is 19.3 Å². The Kier molecular flexibility index (Phi) is 11.5. The van der Waals surface area contributed by atoms with Crippen LogP contribution in [0.5, 0.6) is 0 Å². The molecule has 4 amide bonds. The van der Waals surface area contributed by atoms with Gasteiger partial charge in [0.2, 0.25) is 23.5 Å². The first-order valence-electron chi connectivity index (χ1n) is 12.9. The van der Waals surface area contributed by atoms with Crippen LogP contribution in [0, 0.1) is 11.8 Å². The van der Waals surface area contributed by atoms with Gasteiger partial charge in [0.25, 0.3) is 5.91 Å². The second kappa shape index (κ2) is 14.3. The lowest BCUT2D eigenvalue weighted by Crippen LogP contribution is -2.56. The predicted octanol–water partition coefficient (Wildman–Crippen LogP) is -1.64. The molecule has 0 spiro atoms. The Morgan fingerprint density at radius 3 is 2.18 bits per heavy atom. The number of rotatable bonds is 13. The smallest absolute Gasteiger partial charge is 0.305 e. The highest BCUT2D eigenvalue weighted by Crippen LogP contribution is 2.26. The normalized spacial score (nSPS) is 21.1. The van der Waals surface area contributed by atoms with Gasteiger partial charge in [-0.25, -0.2) is 0 Å². The molecule has 2 fully saturated rings. The van der Waals surface area contributed by atoms with Gasteiger partial charge >= 0.3 is 5.97 Å². The minimum atomic E-state index is -1.34. The monoisotopic (exact) mass is 537 g/mol. The molecule has 0 radical (unpaired) electrons. The van der Waals surface area contributed by atoms with Crippen molar-refractivity contribution in [1.29, 1.82) is 0 Å². The average molecular weight is 538 g/mol. The summed E-state index contributed by atoms with van der Waals surface area (Å²) in [6.07, 6.45) is 4.05. The van der Waals surface area contributed by atoms with E-state index in [1.165, 1.54) is 4.90 Å². The Morgan fingerprint density at radius 1 is 0.974 bits per heavy atom. The Balaban J connectivity index is 2.16. The number of Topliss-reactive ketones (excluding diaryl/α,β-unsaturated/α-hetero) is 1. The van der Waals surface area contributed by atoms with Crippen molar-refractivity contribution in [3.8, 4) is 0 Å². The molecular weight excluding hydrogens is 498 g/mol. The number of carbonyl (C=O) groups is 6. The first kappa shape index (κ1) is 30.5. The van der Waals surface area contributed by atoms with Crippen LogP contribution in [-0.4, -0.2) is 82.6 Å². The first-order chi connectivity index (χ1) is 17.9. The van der Waals surface area contributed by atoms with Crippen molar-refractivity contribution in [2.24, 2.45) is 34.0 Å². The Morgan fingerprint density at radius 2 is 1.61 bits per heavy atom. The number of aliphatic imine (C=N–C) groups is 1. The second-order valence-corrected chi connectivity index (χ2v) is 10.1. The second-order valence-electron chi connectivity index (χ2n) is 10.1. The molecule has 14 nitrogen and oxygen atoms in total. The quantitative estimate of drug-likeness (QED) is 0.0681. The van der Waals surface area contributed by atoms with E-state index in [0.29, 0.717) is 12.8 Å². The fraction of sp³-hybridized carbons (Fsp3) is 0.708. The molecule has 2 rings (SSSR count). The highest BCUT2D eigenvalue weighted by molar-refractivity contribution is 6.37. The third-order valence-corrected chi connectivity index (χ3v) is 6.89. The van der Waals surface area contributed by atoms with E-state index in [1.807, 2.05) is 6.92 Å². The van der Waals surface area contributed by atoms with E-state index in [4.69, 9.17) is 17.2 Å². The van der Waals surface area contributed by atoms with E-state index < -0.39 is 54.0 Å². The van der Waals surface area contributed by atoms with E-state index in [9.17, 15) is 33.9 Å². The number of hydrogen-bond acceptors (Lipinski definition) is 7. The maximum atomic E-state index is 13.5. The summed E-state index contributed by atoms with van der Waals surface area (Å²) in [6, 6.07) is -3.62. The molecule has 1 saturated heterocycles. The van der Waals surface area contributed by atoms with Crippen molar-refractivity contribution in [3.05, 3.63) is 0 Å². The van der Waals surface area contributed by atoms with E-state index in [2.05, 4.69) is 15.6 Å². The van der Waals surface area contributed by atoms with Gasteiger partial charge < -0.3 is 37.8 Å². The molecule has 0 aromatic rings. The van der Waals surface area contributed by atoms with Crippen LogP contribution in [0.2, 0.25) is 0 Å². The standard InChI is InChI=1S/C24H39N7O7/c1-13-10-17(22(37)29-15(19(34)20(25)35)8-5-9-28-24(26)27)31(12-13)23(38)16(11-18(32)33)30-21(36)14-6-3-2-4-7-14/h13-17H,2-12H2,1H3,(H2,25,35)(H,29,37)(H,30,36)(H,32,33)(H4,26,27,28)/t13-,15?,16?,17?/m0/s1. The number of ketones is 1. The molecule has 2 aliphatic rings. The number of likely N-dealkylation sites (tertiary alicyclic amines) is 1. The highest BCUT2D eigenvalue weighted by atomic mass is 16.4. The molecule has 212 valence electrons. The largest absolute Gasteiger partial charge is 0.481 e. The molecule has 1 heterocycles. The van der Waals surface area contributed by atoms with Gasteiger partial charge in [0.15, 0.2) is 5.96 Å². The zero-order chi connectivity index (χ0) is 28.4. The van der Waals surface area contributed by atoms with E-state index in [-0.39, 0.29) is 56.1 Å². The van der Waals surface area contributed by atoms with Crippen LogP contribution in [0.15, 0.2) is 4.99 Å². The fourth-order valence-corrected chi connectivity index (χ4v) is 4.98. The minimum absolute atomic E-state index is 0.0274. The van der Waals surface area contributed by atoms with Gasteiger partial charge in [0.1, 0.15) is 12.1 Å². The van der Waals surface area contributed by atoms with Gasteiger partial charge in [0, 0.05) is 19.0 Å². The molecule has 0 aromatic carbocycles. The number of nitrogens with one attached hydrogen (secondary N) is 2. The third kappa shape index (κ3) is 8.99. The maximum absolute atomic E-state index is 13.5. The topological polar surface area (TPSA) is 240 Å². The number of carboxylic acids is 1. The average Bonchev–Trinajstić information content (AvgIpc) is 3.26. The van der Waals surface area contributed by atoms with Gasteiger partial charge in [-0.3, -0.25) is 33.8 Å². The number of aliphatic carboxylic acids is 1. The zero-order valence-corrected chi connectivity index (χ0v) is 21.7. The molecule has 4 atom stereocenters. The number of amides is 4. The lowest BCUT2D eigenvalue weighted by Gasteiger charge is -2.30. The summed E-state index contributed by atoms with van der Waals surface area (Å²) >= 11 is 0. The number of hydrogen-bond donors (Lipinski definition) is 6. The number of carbonyl (C=O) groups excluding carboxylic acids is 5. The zero-order valence-electron chi connectivity index (χ0n) is 21.7. The fourth-order valence-electron chi connectivity index (χ4n) is 4.98. The van der Waals surface area contributed by atoms with Gasteiger partial charge in [-0.2, -0.15) is 0 Å². The number of carboxylic acid groups (broad SMARTS) is 1. The predicted molar refractivity (Wildman–Crippen MR) is 136 cm³/mol. The van der Waals surface area contributed by atoms with Crippen LogP contribution in [0.3, 0.4) is 0 Å². The van der Waals surface area contributed by atoms with E-state index in [1.54, 1.807) is 0 Å². The molecule has 1 saturated carbocycles. The summed E-state index contributed by atoms with van der Waals surface area (Å²) in [5.74, 6) is -5.78. The molecule has 3 unspecified atom stereocenters. The van der Waals surface area contributed by atoms with Crippen LogP contribution in [0.1, 0.15) is 64.7 Å². The van der Waals surface area contributed by atoms with Crippen molar-refractivity contribution < 1.29 is 33.9 Å². The summed E-state index contributed by atoms with van der Waals surface area (Å²) in [5.41, 5.74) is 15.7. The summed E-state index contributed by atoms with van der Waals surface area (Å²) < 4.78 is 0. The Hall–Kier alpha value is -3.71. The van der Waals surface area contributed by atoms with Crippen molar-refractivity contribution in [2.75, 3.05) is 13.1 Å². The van der Waals surface area contributed by atoms with Gasteiger partial charge in [0.05, 0.1) is 12.5 Å². The summed E-state index contributed by atoms with van der Waals surface area (Å²) in [4.78, 5) is 79.9. The molecular formula is C24H39N7O7. The van der Waals surface area contributed by atoms with Gasteiger partial charge in [-0.05, 0) is 38.0 Å². The molecule has 1 aliphatic heterocycles. The maximum Gasteiger partial charge on any atom is 0.305 e. The first-order valence-corrected chi connectivity index (χ1v) is 12.9. The Labute approximate surface area is 221 Å². The lowest BCUT2D eigenvalue weighted by molar-refractivity contribution is -0.146. The van der Waals surface area contributed by atoms with Crippen LogP contribution >= 0.6 is 0 Å². The van der Waals surface area contributed by atoms with Gasteiger partial charge in [-0.15, -0.1) is 0 Å². The molecule has 1 aliphatic carbocycles. The van der Waals surface area contributed by atoms with Crippen molar-refractivity contribution in [2.45, 2.75) is 82.8 Å². The SMILES string of the molecule is C[C@H]1CC(C(=O)NC(CCCN=C(N)N)C(=O)C(N)=O)N(C(=O)C(CC(=O)O)NC(=O)C2CCCCC2)C1. The number of guanidine groups is 1. The number of primary amides is 1. The summed E-state index contributed by atoms with van der Waals surface area (Å²) in [5, 5.41) is 14.5. The number of nitrogens with zero attached hydrogens (tertiary/aromatic N) is 2. The third-order valence-electron chi connectivity index (χ3n) is 6.89. The van der Waals surface area contributed by atoms with Crippen molar-refractivity contribution >= 4 is 41.3 Å². The molecule has 9 N–H and O–H groups in total. The van der Waals surface area contributed by atoms with Gasteiger partial charge in [-0.1, -0.05) is 26.2 Å². The van der Waals surface area contributed by atoms with Crippen LogP contribution in [0.25, 0.3) is 0 Å². The van der Waals surface area contributed by atoms with E-state index >= 15 is 0 Å². The van der Waals surface area contributed by atoms with Crippen LogP contribution in [0.4, 0.5) is 0 Å². The number of nitrogens with two attached hydrogens (primary N) is 3. The highest BCUT2D eigenvalue weighted by Gasteiger charge is 2.42. The minimum Gasteiger partial charge on any atom is -0.481 e. The lowest BCUT2D eigenvalue weighted by atomic mass is 9.88. The summed E-state index contributed by atoms with van der Waals surface area (Å²) in [6.45, 7) is 2.14. The molecule has 0 bridgehead atoms. The molecule has 0 aromatic heterocycles. The molecule has 38 heavy (non-hydrogen) atoms. The van der Waals surface area contributed by atoms with Crippen LogP contribution in [-0.2, 0) is 28.8 Å². The summed E-state index contributed by atoms with van der Waals surface area (Å²) in [7, 11) is 0. The molecule has 14 heteroatoms. The Bertz CT molecular complexity index is 944. The van der Waals surface area contributed by atoms with Crippen molar-refractivity contribution in [1.82, 2.24) is 15.5 Å². The van der Waals surface area contributed by atoms with Crippen molar-refractivity contribution in [3.63, 3.8) is 0 Å². The van der Waals surface area contributed by atoms with Crippen LogP contribution < -0.4 is 27.8 Å².